The minimum Gasteiger partial charge on any atom is -0.354 e. The molecule has 3 rings (SSSR count). The number of piperazine rings is 1. The van der Waals surface area contributed by atoms with E-state index in [1.165, 1.54) is 11.0 Å². The van der Waals surface area contributed by atoms with E-state index in [4.69, 9.17) is 0 Å². The Hall–Kier alpha value is -1.45. The Morgan fingerprint density at radius 3 is 2.48 bits per heavy atom. The first-order chi connectivity index (χ1) is 12.3. The van der Waals surface area contributed by atoms with Crippen LogP contribution in [0.1, 0.15) is 17.9 Å². The van der Waals surface area contributed by atoms with Crippen molar-refractivity contribution in [3.05, 3.63) is 35.4 Å². The minimum absolute atomic E-state index is 0. The summed E-state index contributed by atoms with van der Waals surface area (Å²) < 4.78 is 66.2. The lowest BCUT2D eigenvalue weighted by Crippen LogP contribution is -2.57. The van der Waals surface area contributed by atoms with Crippen LogP contribution in [0.4, 0.5) is 22.0 Å². The molecule has 2 aliphatic rings. The van der Waals surface area contributed by atoms with Crippen LogP contribution in [0.2, 0.25) is 0 Å². The summed E-state index contributed by atoms with van der Waals surface area (Å²) in [6.45, 7) is 0.966. The van der Waals surface area contributed by atoms with E-state index >= 15 is 0 Å². The summed E-state index contributed by atoms with van der Waals surface area (Å²) in [5.74, 6) is -3.24. The van der Waals surface area contributed by atoms with Crippen LogP contribution in [0.5, 0.6) is 0 Å². The van der Waals surface area contributed by atoms with Crippen molar-refractivity contribution in [2.24, 2.45) is 5.92 Å². The lowest BCUT2D eigenvalue weighted by atomic mass is 10.1. The van der Waals surface area contributed by atoms with Crippen molar-refractivity contribution in [2.75, 3.05) is 32.7 Å². The number of hydrogen-bond acceptors (Lipinski definition) is 3. The molecule has 0 bridgehead atoms. The third kappa shape index (κ3) is 5.30. The molecule has 1 amide bonds. The van der Waals surface area contributed by atoms with Gasteiger partial charge < -0.3 is 10.6 Å². The average Bonchev–Trinajstić information content (AvgIpc) is 3.38. The van der Waals surface area contributed by atoms with Gasteiger partial charge >= 0.3 is 6.18 Å². The molecule has 1 saturated carbocycles. The average molecular weight is 414 g/mol. The van der Waals surface area contributed by atoms with Gasteiger partial charge in [0, 0.05) is 38.6 Å². The zero-order valence-electron chi connectivity index (χ0n) is 14.4. The fourth-order valence-corrected chi connectivity index (χ4v) is 3.37. The van der Waals surface area contributed by atoms with E-state index in [2.05, 4.69) is 10.6 Å². The van der Waals surface area contributed by atoms with Gasteiger partial charge in [-0.3, -0.25) is 9.69 Å². The maximum atomic E-state index is 13.3. The SMILES string of the molecule is Cl.O=C(NCC(N1CCNCC1)C(F)(F)F)C1CC1c1ccc(F)c(F)c1. The molecule has 10 heteroatoms. The van der Waals surface area contributed by atoms with Gasteiger partial charge in [0.15, 0.2) is 11.6 Å². The van der Waals surface area contributed by atoms with Crippen LogP contribution in [0.15, 0.2) is 18.2 Å². The Morgan fingerprint density at radius 1 is 1.22 bits per heavy atom. The Labute approximate surface area is 159 Å². The fourth-order valence-electron chi connectivity index (χ4n) is 3.37. The fraction of sp³-hybridized carbons (Fsp3) is 0.588. The van der Waals surface area contributed by atoms with Gasteiger partial charge in [0.05, 0.1) is 0 Å². The molecule has 4 nitrogen and oxygen atoms in total. The summed E-state index contributed by atoms with van der Waals surface area (Å²) in [5, 5.41) is 5.38. The molecule has 2 fully saturated rings. The lowest BCUT2D eigenvalue weighted by molar-refractivity contribution is -0.184. The van der Waals surface area contributed by atoms with E-state index in [-0.39, 0.29) is 31.4 Å². The maximum Gasteiger partial charge on any atom is 0.405 e. The lowest BCUT2D eigenvalue weighted by Gasteiger charge is -2.35. The number of benzene rings is 1. The van der Waals surface area contributed by atoms with Crippen molar-refractivity contribution in [3.8, 4) is 0 Å². The maximum absolute atomic E-state index is 13.3. The third-order valence-electron chi connectivity index (χ3n) is 4.94. The quantitative estimate of drug-likeness (QED) is 0.729. The highest BCUT2D eigenvalue weighted by Crippen LogP contribution is 2.47. The number of halogens is 6. The van der Waals surface area contributed by atoms with Crippen molar-refractivity contribution in [1.29, 1.82) is 0 Å². The largest absolute Gasteiger partial charge is 0.405 e. The minimum atomic E-state index is -4.44. The molecule has 0 aromatic heterocycles. The Kier molecular flexibility index (Phi) is 7.04. The molecular weight excluding hydrogens is 393 g/mol. The van der Waals surface area contributed by atoms with E-state index in [0.29, 0.717) is 25.1 Å². The molecule has 1 heterocycles. The van der Waals surface area contributed by atoms with Crippen molar-refractivity contribution in [2.45, 2.75) is 24.6 Å². The predicted molar refractivity (Wildman–Crippen MR) is 91.7 cm³/mol. The summed E-state index contributed by atoms with van der Waals surface area (Å²) in [4.78, 5) is 13.5. The van der Waals surface area contributed by atoms with Gasteiger partial charge in [-0.15, -0.1) is 12.4 Å². The highest BCUT2D eigenvalue weighted by Gasteiger charge is 2.47. The summed E-state index contributed by atoms with van der Waals surface area (Å²) >= 11 is 0. The molecule has 1 aromatic carbocycles. The highest BCUT2D eigenvalue weighted by atomic mass is 35.5. The molecule has 27 heavy (non-hydrogen) atoms. The van der Waals surface area contributed by atoms with Crippen LogP contribution in [0.3, 0.4) is 0 Å². The molecule has 1 saturated heterocycles. The van der Waals surface area contributed by atoms with Gasteiger partial charge in [-0.05, 0) is 30.0 Å². The smallest absolute Gasteiger partial charge is 0.354 e. The van der Waals surface area contributed by atoms with Crippen LogP contribution < -0.4 is 10.6 Å². The number of carbonyl (C=O) groups is 1. The van der Waals surface area contributed by atoms with E-state index in [9.17, 15) is 26.7 Å². The van der Waals surface area contributed by atoms with Gasteiger partial charge in [0.1, 0.15) is 6.04 Å². The summed E-state index contributed by atoms with van der Waals surface area (Å²) in [6, 6.07) is 1.69. The molecular formula is C17H21ClF5N3O. The van der Waals surface area contributed by atoms with Crippen molar-refractivity contribution >= 4 is 18.3 Å². The normalized spacial score (nSPS) is 24.0. The Bertz CT molecular complexity index is 666. The second-order valence-corrected chi connectivity index (χ2v) is 6.71. The first-order valence-electron chi connectivity index (χ1n) is 8.51. The van der Waals surface area contributed by atoms with Crippen LogP contribution in [0, 0.1) is 17.6 Å². The number of amides is 1. The molecule has 3 atom stereocenters. The standard InChI is InChI=1S/C17H20F5N3O.ClH/c18-13-2-1-10(7-14(13)19)11-8-12(11)16(26)24-9-15(17(20,21)22)25-5-3-23-4-6-25;/h1-2,7,11-12,15,23H,3-6,8-9H2,(H,24,26);1H. The van der Waals surface area contributed by atoms with Crippen molar-refractivity contribution in [3.63, 3.8) is 0 Å². The zero-order valence-corrected chi connectivity index (χ0v) is 15.2. The van der Waals surface area contributed by atoms with E-state index < -0.39 is 42.2 Å². The highest BCUT2D eigenvalue weighted by molar-refractivity contribution is 5.85. The zero-order chi connectivity index (χ0) is 18.9. The van der Waals surface area contributed by atoms with E-state index in [0.717, 1.165) is 12.1 Å². The van der Waals surface area contributed by atoms with E-state index in [1.54, 1.807) is 0 Å². The number of carbonyl (C=O) groups excluding carboxylic acids is 1. The second kappa shape index (κ2) is 8.70. The number of hydrogen-bond donors (Lipinski definition) is 2. The van der Waals surface area contributed by atoms with Crippen molar-refractivity contribution < 1.29 is 26.7 Å². The molecule has 3 unspecified atom stereocenters. The Balaban J connectivity index is 0.00000261. The van der Waals surface area contributed by atoms with Crippen LogP contribution in [-0.4, -0.2) is 55.7 Å². The number of rotatable bonds is 5. The summed E-state index contributed by atoms with van der Waals surface area (Å²) in [5.41, 5.74) is 0.485. The first-order valence-corrected chi connectivity index (χ1v) is 8.51. The van der Waals surface area contributed by atoms with Gasteiger partial charge in [-0.1, -0.05) is 6.07 Å². The number of nitrogens with zero attached hydrogens (tertiary/aromatic N) is 1. The molecule has 2 N–H and O–H groups in total. The second-order valence-electron chi connectivity index (χ2n) is 6.71. The first kappa shape index (κ1) is 21.8. The molecule has 0 radical (unpaired) electrons. The summed E-state index contributed by atoms with van der Waals surface area (Å²) in [7, 11) is 0. The van der Waals surface area contributed by atoms with Gasteiger partial charge in [0.25, 0.3) is 0 Å². The predicted octanol–water partition coefficient (Wildman–Crippen LogP) is 2.44. The number of alkyl halides is 3. The van der Waals surface area contributed by atoms with Gasteiger partial charge in [-0.2, -0.15) is 13.2 Å². The molecule has 1 aliphatic carbocycles. The van der Waals surface area contributed by atoms with Crippen molar-refractivity contribution in [1.82, 2.24) is 15.5 Å². The molecule has 1 aliphatic heterocycles. The topological polar surface area (TPSA) is 44.4 Å². The monoisotopic (exact) mass is 413 g/mol. The van der Waals surface area contributed by atoms with Crippen LogP contribution in [0.25, 0.3) is 0 Å². The van der Waals surface area contributed by atoms with Gasteiger partial charge in [-0.25, -0.2) is 8.78 Å². The van der Waals surface area contributed by atoms with E-state index in [1.807, 2.05) is 0 Å². The van der Waals surface area contributed by atoms with Gasteiger partial charge in [0.2, 0.25) is 5.91 Å². The third-order valence-corrected chi connectivity index (χ3v) is 4.94. The van der Waals surface area contributed by atoms with Crippen LogP contribution in [-0.2, 0) is 4.79 Å². The Morgan fingerprint density at radius 2 is 1.89 bits per heavy atom. The van der Waals surface area contributed by atoms with Crippen LogP contribution >= 0.6 is 12.4 Å². The summed E-state index contributed by atoms with van der Waals surface area (Å²) in [6.07, 6.45) is -4.02. The molecule has 1 aromatic rings. The number of nitrogens with one attached hydrogen (secondary N) is 2. The molecule has 0 spiro atoms. The molecule has 152 valence electrons.